The fourth-order valence-corrected chi connectivity index (χ4v) is 6.10. The lowest BCUT2D eigenvalue weighted by Crippen LogP contribution is -2.25. The van der Waals surface area contributed by atoms with Crippen LogP contribution in [0.25, 0.3) is 21.3 Å². The van der Waals surface area contributed by atoms with E-state index in [1.165, 1.54) is 11.8 Å². The number of Topliss-reactive ketones (excluding diaryl/α,β-unsaturated/α-hetero) is 1. The standard InChI is InChI=1S/C25H21N3O2S2/c1-15(23(30)19-8-9-21-18(12-19)10-11-28(21)16(2)29)32-25-22-20(17-6-4-3-5-7-17)13-31-24(22)26-14-27-25/h3-9,12-15H,10-11H2,1-2H3. The summed E-state index contributed by atoms with van der Waals surface area (Å²) in [5, 5.41) is 3.62. The van der Waals surface area contributed by atoms with E-state index in [9.17, 15) is 9.59 Å². The van der Waals surface area contributed by atoms with Gasteiger partial charge in [-0.2, -0.15) is 0 Å². The molecule has 1 aliphatic rings. The zero-order valence-electron chi connectivity index (χ0n) is 17.7. The second-order valence-electron chi connectivity index (χ2n) is 7.76. The van der Waals surface area contributed by atoms with Gasteiger partial charge < -0.3 is 4.90 Å². The summed E-state index contributed by atoms with van der Waals surface area (Å²) in [4.78, 5) is 36.7. The molecule has 4 aromatic rings. The number of benzene rings is 2. The normalized spacial score (nSPS) is 13.9. The van der Waals surface area contributed by atoms with Crippen molar-refractivity contribution < 1.29 is 9.59 Å². The number of aromatic nitrogens is 2. The zero-order valence-corrected chi connectivity index (χ0v) is 19.4. The van der Waals surface area contributed by atoms with E-state index < -0.39 is 0 Å². The van der Waals surface area contributed by atoms with Crippen molar-refractivity contribution in [3.8, 4) is 11.1 Å². The zero-order chi connectivity index (χ0) is 22.2. The Kier molecular flexibility index (Phi) is 5.53. The van der Waals surface area contributed by atoms with Crippen LogP contribution in [0.15, 0.2) is 65.3 Å². The van der Waals surface area contributed by atoms with Gasteiger partial charge >= 0.3 is 0 Å². The number of nitrogens with zero attached hydrogens (tertiary/aromatic N) is 3. The number of hydrogen-bond donors (Lipinski definition) is 0. The van der Waals surface area contributed by atoms with Crippen molar-refractivity contribution in [1.29, 1.82) is 0 Å². The van der Waals surface area contributed by atoms with Crippen LogP contribution >= 0.6 is 23.1 Å². The van der Waals surface area contributed by atoms with Gasteiger partial charge in [-0.15, -0.1) is 11.3 Å². The first-order chi connectivity index (χ1) is 15.5. The third-order valence-corrected chi connectivity index (χ3v) is 7.70. The molecule has 0 bridgehead atoms. The van der Waals surface area contributed by atoms with Crippen molar-refractivity contribution in [2.75, 3.05) is 11.4 Å². The van der Waals surface area contributed by atoms with Crippen LogP contribution in [0.3, 0.4) is 0 Å². The summed E-state index contributed by atoms with van der Waals surface area (Å²) >= 11 is 3.06. The SMILES string of the molecule is CC(=O)N1CCc2cc(C(=O)C(C)Sc3ncnc4scc(-c5ccccc5)c34)ccc21. The van der Waals surface area contributed by atoms with E-state index in [2.05, 4.69) is 27.5 Å². The second-order valence-corrected chi connectivity index (χ2v) is 9.95. The monoisotopic (exact) mass is 459 g/mol. The number of fused-ring (bicyclic) bond motifs is 2. The van der Waals surface area contributed by atoms with Crippen LogP contribution in [0.5, 0.6) is 0 Å². The minimum atomic E-state index is -0.306. The maximum Gasteiger partial charge on any atom is 0.223 e. The number of thioether (sulfide) groups is 1. The number of rotatable bonds is 5. The molecule has 160 valence electrons. The molecule has 0 saturated carbocycles. The maximum absolute atomic E-state index is 13.3. The summed E-state index contributed by atoms with van der Waals surface area (Å²) in [7, 11) is 0. The summed E-state index contributed by atoms with van der Waals surface area (Å²) in [6.07, 6.45) is 2.35. The van der Waals surface area contributed by atoms with Crippen molar-refractivity contribution in [3.05, 3.63) is 71.4 Å². The number of thiophene rings is 1. The molecule has 0 spiro atoms. The number of carbonyl (C=O) groups excluding carboxylic acids is 2. The first-order valence-electron chi connectivity index (χ1n) is 10.4. The van der Waals surface area contributed by atoms with Crippen molar-refractivity contribution in [2.24, 2.45) is 0 Å². The van der Waals surface area contributed by atoms with Gasteiger partial charge in [0, 0.05) is 35.7 Å². The third kappa shape index (κ3) is 3.72. The number of hydrogen-bond acceptors (Lipinski definition) is 6. The van der Waals surface area contributed by atoms with Crippen LogP contribution in [0.1, 0.15) is 29.8 Å². The van der Waals surface area contributed by atoms with Gasteiger partial charge in [0.2, 0.25) is 5.91 Å². The summed E-state index contributed by atoms with van der Waals surface area (Å²) in [5.74, 6) is 0.0897. The second kappa shape index (κ2) is 8.48. The molecule has 0 saturated heterocycles. The molecule has 2 aromatic heterocycles. The molecular weight excluding hydrogens is 438 g/mol. The molecule has 5 rings (SSSR count). The Labute approximate surface area is 194 Å². The fourth-order valence-electron chi connectivity index (χ4n) is 4.10. The van der Waals surface area contributed by atoms with Crippen LogP contribution < -0.4 is 4.90 Å². The van der Waals surface area contributed by atoms with E-state index in [-0.39, 0.29) is 16.9 Å². The lowest BCUT2D eigenvalue weighted by atomic mass is 10.0. The van der Waals surface area contributed by atoms with Gasteiger partial charge in [0.15, 0.2) is 5.78 Å². The molecule has 1 unspecified atom stereocenters. The fraction of sp³-hybridized carbons (Fsp3) is 0.200. The summed E-state index contributed by atoms with van der Waals surface area (Å²) in [6.45, 7) is 4.17. The number of anilines is 1. The molecule has 3 heterocycles. The highest BCUT2D eigenvalue weighted by molar-refractivity contribution is 8.00. The molecular formula is C25H21N3O2S2. The van der Waals surface area contributed by atoms with E-state index >= 15 is 0 Å². The molecule has 1 amide bonds. The summed E-state index contributed by atoms with van der Waals surface area (Å²) in [5.41, 5.74) is 4.85. The smallest absolute Gasteiger partial charge is 0.223 e. The van der Waals surface area contributed by atoms with Crippen molar-refractivity contribution >= 4 is 50.7 Å². The lowest BCUT2D eigenvalue weighted by Gasteiger charge is -2.15. The van der Waals surface area contributed by atoms with E-state index in [0.29, 0.717) is 12.1 Å². The molecule has 0 fully saturated rings. The molecule has 2 aromatic carbocycles. The van der Waals surface area contributed by atoms with Crippen molar-refractivity contribution in [3.63, 3.8) is 0 Å². The highest BCUT2D eigenvalue weighted by atomic mass is 32.2. The van der Waals surface area contributed by atoms with Gasteiger partial charge in [0.1, 0.15) is 16.2 Å². The predicted molar refractivity (Wildman–Crippen MR) is 131 cm³/mol. The van der Waals surface area contributed by atoms with E-state index in [1.54, 1.807) is 29.5 Å². The topological polar surface area (TPSA) is 63.2 Å². The molecule has 5 nitrogen and oxygen atoms in total. The van der Waals surface area contributed by atoms with Crippen LogP contribution in [-0.2, 0) is 11.2 Å². The molecule has 7 heteroatoms. The Hall–Kier alpha value is -3.03. The quantitative estimate of drug-likeness (QED) is 0.220. The van der Waals surface area contributed by atoms with Crippen molar-refractivity contribution in [2.45, 2.75) is 30.5 Å². The average Bonchev–Trinajstić information content (AvgIpc) is 3.43. The largest absolute Gasteiger partial charge is 0.312 e. The maximum atomic E-state index is 13.3. The van der Waals surface area contributed by atoms with Crippen LogP contribution in [0.4, 0.5) is 5.69 Å². The number of ketones is 1. The van der Waals surface area contributed by atoms with Gasteiger partial charge in [-0.1, -0.05) is 42.1 Å². The molecule has 0 N–H and O–H groups in total. The lowest BCUT2D eigenvalue weighted by molar-refractivity contribution is -0.116. The van der Waals surface area contributed by atoms with Gasteiger partial charge in [-0.25, -0.2) is 9.97 Å². The average molecular weight is 460 g/mol. The van der Waals surface area contributed by atoms with Crippen molar-refractivity contribution in [1.82, 2.24) is 9.97 Å². The molecule has 32 heavy (non-hydrogen) atoms. The highest BCUT2D eigenvalue weighted by Crippen LogP contribution is 2.39. The Morgan fingerprint density at radius 3 is 2.72 bits per heavy atom. The Morgan fingerprint density at radius 1 is 1.12 bits per heavy atom. The van der Waals surface area contributed by atoms with Gasteiger partial charge in [-0.3, -0.25) is 9.59 Å². The number of carbonyl (C=O) groups is 2. The minimum Gasteiger partial charge on any atom is -0.312 e. The predicted octanol–water partition coefficient (Wildman–Crippen LogP) is 5.63. The van der Waals surface area contributed by atoms with Crippen LogP contribution in [0.2, 0.25) is 0 Å². The minimum absolute atomic E-state index is 0.0320. The Bertz CT molecular complexity index is 1330. The first-order valence-corrected chi connectivity index (χ1v) is 12.2. The van der Waals surface area contributed by atoms with Crippen LogP contribution in [0, 0.1) is 0 Å². The Morgan fingerprint density at radius 2 is 1.94 bits per heavy atom. The summed E-state index contributed by atoms with van der Waals surface area (Å²) in [6, 6.07) is 15.8. The molecule has 1 atom stereocenters. The first kappa shape index (κ1) is 20.8. The molecule has 0 aliphatic carbocycles. The van der Waals surface area contributed by atoms with E-state index in [0.717, 1.165) is 44.0 Å². The van der Waals surface area contributed by atoms with E-state index in [4.69, 9.17) is 0 Å². The van der Waals surface area contributed by atoms with Gasteiger partial charge in [0.25, 0.3) is 0 Å². The third-order valence-electron chi connectivity index (χ3n) is 5.72. The highest BCUT2D eigenvalue weighted by Gasteiger charge is 2.25. The van der Waals surface area contributed by atoms with Crippen LogP contribution in [-0.4, -0.2) is 33.5 Å². The molecule has 1 aliphatic heterocycles. The van der Waals surface area contributed by atoms with E-state index in [1.807, 2.05) is 43.3 Å². The Balaban J connectivity index is 1.43. The molecule has 0 radical (unpaired) electrons. The van der Waals surface area contributed by atoms with Gasteiger partial charge in [0.05, 0.1) is 10.6 Å². The van der Waals surface area contributed by atoms with Gasteiger partial charge in [-0.05, 0) is 42.7 Å². The number of amides is 1. The summed E-state index contributed by atoms with van der Waals surface area (Å²) < 4.78 is 0.